The number of carbonyl (C=O) groups excluding carboxylic acids is 1. The zero-order chi connectivity index (χ0) is 23.3. The number of pyridine rings is 1. The SMILES string of the molecule is O=C(NCc1ccccn1)c1ccc(CSc2nc(N3CCCC3)cc(C(F)(F)F)n2)cc1. The number of hydrogen-bond donors (Lipinski definition) is 1. The minimum Gasteiger partial charge on any atom is -0.356 e. The first-order valence-corrected chi connectivity index (χ1v) is 11.5. The molecule has 6 nitrogen and oxygen atoms in total. The molecular formula is C23H22F3N5OS. The molecule has 0 unspecified atom stereocenters. The molecule has 1 saturated heterocycles. The topological polar surface area (TPSA) is 71.0 Å². The van der Waals surface area contributed by atoms with E-state index >= 15 is 0 Å². The fraction of sp³-hybridized carbons (Fsp3) is 0.304. The Kier molecular flexibility index (Phi) is 7.12. The van der Waals surface area contributed by atoms with E-state index < -0.39 is 11.9 Å². The van der Waals surface area contributed by atoms with Gasteiger partial charge in [-0.15, -0.1) is 0 Å². The number of aromatic nitrogens is 3. The number of nitrogens with one attached hydrogen (secondary N) is 1. The number of alkyl halides is 3. The van der Waals surface area contributed by atoms with Crippen LogP contribution in [0.4, 0.5) is 19.0 Å². The van der Waals surface area contributed by atoms with Gasteiger partial charge in [0.25, 0.3) is 5.91 Å². The van der Waals surface area contributed by atoms with E-state index in [4.69, 9.17) is 0 Å². The number of rotatable bonds is 7. The van der Waals surface area contributed by atoms with Crippen molar-refractivity contribution in [2.75, 3.05) is 18.0 Å². The zero-order valence-electron chi connectivity index (χ0n) is 17.7. The summed E-state index contributed by atoms with van der Waals surface area (Å²) in [5.74, 6) is 0.477. The van der Waals surface area contributed by atoms with Crippen LogP contribution >= 0.6 is 11.8 Å². The Labute approximate surface area is 193 Å². The highest BCUT2D eigenvalue weighted by Crippen LogP contribution is 2.33. The van der Waals surface area contributed by atoms with Crippen molar-refractivity contribution >= 4 is 23.5 Å². The lowest BCUT2D eigenvalue weighted by Gasteiger charge is -2.18. The minimum absolute atomic E-state index is 0.0869. The number of carbonyl (C=O) groups is 1. The lowest BCUT2D eigenvalue weighted by Crippen LogP contribution is -2.23. The molecule has 0 saturated carbocycles. The molecule has 1 fully saturated rings. The summed E-state index contributed by atoms with van der Waals surface area (Å²) in [7, 11) is 0. The molecule has 1 aromatic carbocycles. The second kappa shape index (κ2) is 10.2. The van der Waals surface area contributed by atoms with Gasteiger partial charge in [-0.25, -0.2) is 9.97 Å². The highest BCUT2D eigenvalue weighted by Gasteiger charge is 2.34. The van der Waals surface area contributed by atoms with Crippen molar-refractivity contribution in [2.24, 2.45) is 0 Å². The summed E-state index contributed by atoms with van der Waals surface area (Å²) < 4.78 is 40.0. The second-order valence-corrected chi connectivity index (χ2v) is 8.52. The van der Waals surface area contributed by atoms with Crippen molar-refractivity contribution in [1.29, 1.82) is 0 Å². The quantitative estimate of drug-likeness (QED) is 0.396. The third-order valence-corrected chi connectivity index (χ3v) is 6.07. The summed E-state index contributed by atoms with van der Waals surface area (Å²) >= 11 is 1.14. The standard InChI is InChI=1S/C23H22F3N5OS/c24-23(25,26)19-13-20(31-11-3-4-12-31)30-22(29-19)33-15-16-6-8-17(9-7-16)21(32)28-14-18-5-1-2-10-27-18/h1-2,5-10,13H,3-4,11-12,14-15H2,(H,28,32). The molecule has 1 aliphatic rings. The maximum atomic E-state index is 13.3. The van der Waals surface area contributed by atoms with Crippen molar-refractivity contribution in [3.8, 4) is 0 Å². The molecular weight excluding hydrogens is 451 g/mol. The van der Waals surface area contributed by atoms with Gasteiger partial charge in [-0.2, -0.15) is 13.2 Å². The molecule has 4 rings (SSSR count). The maximum Gasteiger partial charge on any atom is 0.433 e. The molecule has 33 heavy (non-hydrogen) atoms. The van der Waals surface area contributed by atoms with E-state index in [1.54, 1.807) is 36.5 Å². The molecule has 1 aliphatic heterocycles. The van der Waals surface area contributed by atoms with Gasteiger partial charge in [0.15, 0.2) is 10.9 Å². The van der Waals surface area contributed by atoms with Crippen molar-refractivity contribution in [1.82, 2.24) is 20.3 Å². The molecule has 1 amide bonds. The third kappa shape index (κ3) is 6.22. The van der Waals surface area contributed by atoms with Crippen LogP contribution in [0, 0.1) is 0 Å². The van der Waals surface area contributed by atoms with E-state index in [0.29, 0.717) is 36.8 Å². The molecule has 2 aromatic heterocycles. The van der Waals surface area contributed by atoms with Crippen LogP contribution in [0.15, 0.2) is 59.9 Å². The van der Waals surface area contributed by atoms with E-state index in [9.17, 15) is 18.0 Å². The first-order chi connectivity index (χ1) is 15.9. The minimum atomic E-state index is -4.53. The molecule has 172 valence electrons. The molecule has 10 heteroatoms. The molecule has 0 aliphatic carbocycles. The van der Waals surface area contributed by atoms with Crippen molar-refractivity contribution in [3.05, 3.63) is 77.2 Å². The van der Waals surface area contributed by atoms with E-state index in [-0.39, 0.29) is 11.1 Å². The third-order valence-electron chi connectivity index (χ3n) is 5.15. The normalized spacial score (nSPS) is 13.8. The Morgan fingerprint density at radius 1 is 1.06 bits per heavy atom. The van der Waals surface area contributed by atoms with Crippen molar-refractivity contribution in [2.45, 2.75) is 36.5 Å². The van der Waals surface area contributed by atoms with Crippen LogP contribution in [0.2, 0.25) is 0 Å². The molecule has 3 aromatic rings. The summed E-state index contributed by atoms with van der Waals surface area (Å²) in [6.45, 7) is 1.72. The van der Waals surface area contributed by atoms with Gasteiger partial charge in [-0.1, -0.05) is 30.0 Å². The fourth-order valence-electron chi connectivity index (χ4n) is 3.41. The highest BCUT2D eigenvalue weighted by molar-refractivity contribution is 7.98. The second-order valence-electron chi connectivity index (χ2n) is 7.58. The van der Waals surface area contributed by atoms with Crippen molar-refractivity contribution < 1.29 is 18.0 Å². The van der Waals surface area contributed by atoms with Gasteiger partial charge in [0, 0.05) is 36.7 Å². The predicted octanol–water partition coefficient (Wildman–Crippen LogP) is 4.71. The summed E-state index contributed by atoms with van der Waals surface area (Å²) in [5, 5.41) is 2.89. The number of benzene rings is 1. The highest BCUT2D eigenvalue weighted by atomic mass is 32.2. The number of thioether (sulfide) groups is 1. The van der Waals surface area contributed by atoms with E-state index in [2.05, 4.69) is 20.3 Å². The van der Waals surface area contributed by atoms with Gasteiger partial charge in [-0.05, 0) is 42.7 Å². The number of anilines is 1. The van der Waals surface area contributed by atoms with Crippen LogP contribution in [0.3, 0.4) is 0 Å². The molecule has 0 atom stereocenters. The van der Waals surface area contributed by atoms with Crippen molar-refractivity contribution in [3.63, 3.8) is 0 Å². The number of nitrogens with zero attached hydrogens (tertiary/aromatic N) is 4. The van der Waals surface area contributed by atoms with Crippen LogP contribution in [0.5, 0.6) is 0 Å². The molecule has 0 spiro atoms. The average molecular weight is 474 g/mol. The van der Waals surface area contributed by atoms with Crippen LogP contribution in [0.25, 0.3) is 0 Å². The van der Waals surface area contributed by atoms with Gasteiger partial charge in [0.05, 0.1) is 12.2 Å². The first-order valence-electron chi connectivity index (χ1n) is 10.5. The number of halogens is 3. The smallest absolute Gasteiger partial charge is 0.356 e. The van der Waals surface area contributed by atoms with Crippen LogP contribution < -0.4 is 10.2 Å². The maximum absolute atomic E-state index is 13.3. The summed E-state index contributed by atoms with van der Waals surface area (Å²) in [6, 6.07) is 13.4. The Balaban J connectivity index is 1.39. The summed E-state index contributed by atoms with van der Waals surface area (Å²) in [6.07, 6.45) is -0.988. The van der Waals surface area contributed by atoms with E-state index in [1.165, 1.54) is 0 Å². The lowest BCUT2D eigenvalue weighted by molar-refractivity contribution is -0.141. The lowest BCUT2D eigenvalue weighted by atomic mass is 10.1. The van der Waals surface area contributed by atoms with Gasteiger partial charge in [0.1, 0.15) is 5.82 Å². The van der Waals surface area contributed by atoms with Gasteiger partial charge in [0.2, 0.25) is 0 Å². The van der Waals surface area contributed by atoms with Gasteiger partial charge >= 0.3 is 6.18 Å². The van der Waals surface area contributed by atoms with E-state index in [1.807, 2.05) is 17.0 Å². The molecule has 1 N–H and O–H groups in total. The predicted molar refractivity (Wildman–Crippen MR) is 120 cm³/mol. The Hall–Kier alpha value is -3.14. The molecule has 3 heterocycles. The molecule has 0 radical (unpaired) electrons. The zero-order valence-corrected chi connectivity index (χ0v) is 18.5. The van der Waals surface area contributed by atoms with Crippen LogP contribution in [-0.2, 0) is 18.5 Å². The Morgan fingerprint density at radius 3 is 2.48 bits per heavy atom. The number of hydrogen-bond acceptors (Lipinski definition) is 6. The van der Waals surface area contributed by atoms with Crippen LogP contribution in [0.1, 0.15) is 40.2 Å². The monoisotopic (exact) mass is 473 g/mol. The number of amides is 1. The van der Waals surface area contributed by atoms with Crippen LogP contribution in [-0.4, -0.2) is 33.9 Å². The van der Waals surface area contributed by atoms with E-state index in [0.717, 1.165) is 41.9 Å². The first kappa shape index (κ1) is 23.0. The molecule has 0 bridgehead atoms. The average Bonchev–Trinajstić information content (AvgIpc) is 3.37. The largest absolute Gasteiger partial charge is 0.433 e. The fourth-order valence-corrected chi connectivity index (χ4v) is 4.22. The Bertz CT molecular complexity index is 1090. The summed E-state index contributed by atoms with van der Waals surface area (Å²) in [4.78, 5) is 26.4. The van der Waals surface area contributed by atoms with Gasteiger partial charge < -0.3 is 10.2 Å². The summed E-state index contributed by atoms with van der Waals surface area (Å²) in [5.41, 5.74) is 1.17. The Morgan fingerprint density at radius 2 is 1.82 bits per heavy atom. The van der Waals surface area contributed by atoms with Gasteiger partial charge in [-0.3, -0.25) is 9.78 Å².